The summed E-state index contributed by atoms with van der Waals surface area (Å²) in [7, 11) is 0. The Bertz CT molecular complexity index is 242. The minimum atomic E-state index is -1.27. The monoisotopic (exact) mass is 235 g/mol. The van der Waals surface area contributed by atoms with Gasteiger partial charge in [0.25, 0.3) is 0 Å². The van der Waals surface area contributed by atoms with E-state index in [4.69, 9.17) is 20.4 Å². The van der Waals surface area contributed by atoms with Crippen molar-refractivity contribution in [3.63, 3.8) is 0 Å². The lowest BCUT2D eigenvalue weighted by Gasteiger charge is -2.08. The topological polar surface area (TPSA) is 127 Å². The summed E-state index contributed by atoms with van der Waals surface area (Å²) < 4.78 is 0. The molecule has 16 heavy (non-hydrogen) atoms. The molecule has 0 aromatic carbocycles. The summed E-state index contributed by atoms with van der Waals surface area (Å²) in [6.45, 7) is 6.11. The van der Waals surface area contributed by atoms with Crippen LogP contribution in [0.2, 0.25) is 0 Å². The fourth-order valence-electron chi connectivity index (χ4n) is 0.607. The summed E-state index contributed by atoms with van der Waals surface area (Å²) >= 11 is 0. The third-order valence-corrected chi connectivity index (χ3v) is 1.15. The number of hydrogen-bond donors (Lipinski definition) is 5. The fourth-order valence-corrected chi connectivity index (χ4v) is 0.607. The quantitative estimate of drug-likeness (QED) is 0.316. The van der Waals surface area contributed by atoms with E-state index in [0.717, 1.165) is 0 Å². The molecular weight excluding hydrogens is 218 g/mol. The van der Waals surface area contributed by atoms with E-state index in [-0.39, 0.29) is 5.57 Å². The minimum absolute atomic E-state index is 0.303. The van der Waals surface area contributed by atoms with E-state index >= 15 is 0 Å². The van der Waals surface area contributed by atoms with Crippen LogP contribution in [0.15, 0.2) is 12.2 Å². The Balaban J connectivity index is 0. The molecule has 0 saturated heterocycles. The summed E-state index contributed by atoms with van der Waals surface area (Å²) in [6.07, 6.45) is -1.75. The summed E-state index contributed by atoms with van der Waals surface area (Å²) in [5.41, 5.74) is -0.303. The van der Waals surface area contributed by atoms with Gasteiger partial charge in [0.15, 0.2) is 0 Å². The number of hydrogen-bond acceptors (Lipinski definition) is 5. The van der Waals surface area contributed by atoms with E-state index in [1.165, 1.54) is 0 Å². The van der Waals surface area contributed by atoms with Crippen LogP contribution in [0.25, 0.3) is 0 Å². The molecule has 0 bridgehead atoms. The average molecular weight is 235 g/mol. The first-order chi connectivity index (χ1) is 7.16. The summed E-state index contributed by atoms with van der Waals surface area (Å²) in [6, 6.07) is 0. The van der Waals surface area contributed by atoms with Crippen LogP contribution in [-0.4, -0.2) is 44.8 Å². The molecule has 0 aliphatic rings. The molecule has 94 valence electrons. The van der Waals surface area contributed by atoms with Crippen LogP contribution in [-0.2, 0) is 9.59 Å². The number of aliphatic carboxylic acids is 2. The third-order valence-electron chi connectivity index (χ3n) is 1.15. The molecule has 0 amide bonds. The van der Waals surface area contributed by atoms with E-state index in [1.807, 2.05) is 0 Å². The molecule has 0 fully saturated rings. The number of nitrogens with one attached hydrogen (secondary N) is 1. The Morgan fingerprint density at radius 3 is 1.62 bits per heavy atom. The molecule has 0 aromatic heterocycles. The Kier molecular flexibility index (Phi) is 9.37. The maximum atomic E-state index is 9.87. The van der Waals surface area contributed by atoms with Crippen LogP contribution in [0, 0.1) is 0 Å². The van der Waals surface area contributed by atoms with E-state index in [0.29, 0.717) is 0 Å². The average Bonchev–Trinajstić information content (AvgIpc) is 2.00. The molecule has 0 spiro atoms. The van der Waals surface area contributed by atoms with E-state index < -0.39 is 30.8 Å². The molecular formula is C9H17NO6. The molecule has 2 atom stereocenters. The lowest BCUT2D eigenvalue weighted by Crippen LogP contribution is -2.33. The van der Waals surface area contributed by atoms with Crippen molar-refractivity contribution in [1.82, 2.24) is 5.32 Å². The first-order valence-corrected chi connectivity index (χ1v) is 4.41. The first-order valence-electron chi connectivity index (χ1n) is 4.41. The van der Waals surface area contributed by atoms with Gasteiger partial charge in [0.2, 0.25) is 0 Å². The van der Waals surface area contributed by atoms with Gasteiger partial charge in [-0.25, -0.2) is 4.79 Å². The standard InChI is InChI=1S/C5H6O4.C4H11NO2/c1-3(5(8)9)2-4(6)7;1-3(6)5-4(2)7/h1-2H2,(H,6,7)(H,8,9);3-7H,1-2H3. The number of aliphatic hydroxyl groups excluding tert-OH is 2. The second-order valence-electron chi connectivity index (χ2n) is 3.00. The smallest absolute Gasteiger partial charge is 0.331 e. The Labute approximate surface area is 93.0 Å². The lowest BCUT2D eigenvalue weighted by molar-refractivity contribution is -0.139. The number of rotatable bonds is 5. The Morgan fingerprint density at radius 2 is 1.56 bits per heavy atom. The van der Waals surface area contributed by atoms with E-state index in [1.54, 1.807) is 13.8 Å². The second-order valence-corrected chi connectivity index (χ2v) is 3.00. The largest absolute Gasteiger partial charge is 0.481 e. The molecule has 0 aliphatic carbocycles. The molecule has 0 rings (SSSR count). The third kappa shape index (κ3) is 15.1. The normalized spacial score (nSPS) is 13.0. The first kappa shape index (κ1) is 17.0. The van der Waals surface area contributed by atoms with Crippen molar-refractivity contribution in [3.05, 3.63) is 12.2 Å². The van der Waals surface area contributed by atoms with Crippen molar-refractivity contribution in [1.29, 1.82) is 0 Å². The van der Waals surface area contributed by atoms with Crippen LogP contribution in [0.1, 0.15) is 20.3 Å². The second kappa shape index (κ2) is 8.84. The van der Waals surface area contributed by atoms with Gasteiger partial charge in [0.05, 0.1) is 6.42 Å². The van der Waals surface area contributed by atoms with Crippen LogP contribution in [0.3, 0.4) is 0 Å². The maximum Gasteiger partial charge on any atom is 0.331 e. The molecule has 5 N–H and O–H groups in total. The van der Waals surface area contributed by atoms with E-state index in [2.05, 4.69) is 11.9 Å². The van der Waals surface area contributed by atoms with Crippen molar-refractivity contribution in [3.8, 4) is 0 Å². The lowest BCUT2D eigenvalue weighted by atomic mass is 10.2. The molecule has 7 nitrogen and oxygen atoms in total. The van der Waals surface area contributed by atoms with Crippen molar-refractivity contribution in [2.24, 2.45) is 0 Å². The van der Waals surface area contributed by atoms with Crippen LogP contribution in [0.4, 0.5) is 0 Å². The number of carboxylic acid groups (broad SMARTS) is 2. The predicted molar refractivity (Wildman–Crippen MR) is 55.5 cm³/mol. The zero-order valence-corrected chi connectivity index (χ0v) is 9.17. The Hall–Kier alpha value is -1.44. The zero-order valence-electron chi connectivity index (χ0n) is 9.17. The molecule has 0 saturated carbocycles. The summed E-state index contributed by atoms with van der Waals surface area (Å²) in [4.78, 5) is 19.7. The highest BCUT2D eigenvalue weighted by Crippen LogP contribution is 1.95. The summed E-state index contributed by atoms with van der Waals surface area (Å²) in [5.74, 6) is -2.44. The van der Waals surface area contributed by atoms with Gasteiger partial charge in [0.1, 0.15) is 12.5 Å². The van der Waals surface area contributed by atoms with Gasteiger partial charge >= 0.3 is 11.9 Å². The SMILES string of the molecule is C=C(CC(=O)O)C(=O)O.CC(O)NC(C)O. The number of carboxylic acids is 2. The fraction of sp³-hybridized carbons (Fsp3) is 0.556. The number of aliphatic hydroxyl groups is 2. The van der Waals surface area contributed by atoms with Crippen LogP contribution < -0.4 is 5.32 Å². The highest BCUT2D eigenvalue weighted by atomic mass is 16.4. The molecule has 0 heterocycles. The van der Waals surface area contributed by atoms with Gasteiger partial charge in [-0.2, -0.15) is 0 Å². The van der Waals surface area contributed by atoms with Gasteiger partial charge in [-0.3, -0.25) is 10.1 Å². The van der Waals surface area contributed by atoms with Crippen molar-refractivity contribution in [2.75, 3.05) is 0 Å². The van der Waals surface area contributed by atoms with Crippen molar-refractivity contribution >= 4 is 11.9 Å². The molecule has 7 heteroatoms. The maximum absolute atomic E-state index is 9.87. The van der Waals surface area contributed by atoms with Gasteiger partial charge in [0, 0.05) is 5.57 Å². The van der Waals surface area contributed by atoms with Crippen LogP contribution >= 0.6 is 0 Å². The minimum Gasteiger partial charge on any atom is -0.481 e. The van der Waals surface area contributed by atoms with Crippen molar-refractivity contribution in [2.45, 2.75) is 32.7 Å². The Morgan fingerprint density at radius 1 is 1.19 bits per heavy atom. The summed E-state index contributed by atoms with van der Waals surface area (Å²) in [5, 5.41) is 35.4. The van der Waals surface area contributed by atoms with Gasteiger partial charge in [-0.05, 0) is 13.8 Å². The van der Waals surface area contributed by atoms with Gasteiger partial charge < -0.3 is 20.4 Å². The molecule has 2 unspecified atom stereocenters. The molecule has 0 aromatic rings. The molecule has 0 radical (unpaired) electrons. The van der Waals surface area contributed by atoms with Gasteiger partial charge in [-0.1, -0.05) is 6.58 Å². The van der Waals surface area contributed by atoms with Gasteiger partial charge in [-0.15, -0.1) is 0 Å². The van der Waals surface area contributed by atoms with Crippen LogP contribution in [0.5, 0.6) is 0 Å². The van der Waals surface area contributed by atoms with Crippen molar-refractivity contribution < 1.29 is 30.0 Å². The highest BCUT2D eigenvalue weighted by Gasteiger charge is 2.07. The molecule has 0 aliphatic heterocycles. The predicted octanol–water partition coefficient (Wildman–Crippen LogP) is -0.645. The van der Waals surface area contributed by atoms with E-state index in [9.17, 15) is 9.59 Å². The highest BCUT2D eigenvalue weighted by molar-refractivity contribution is 5.91. The number of carbonyl (C=O) groups is 2. The zero-order chi connectivity index (χ0) is 13.3.